The van der Waals surface area contributed by atoms with Crippen LogP contribution in [0.3, 0.4) is 0 Å². The number of ether oxygens (including phenoxy) is 2. The van der Waals surface area contributed by atoms with Crippen LogP contribution < -0.4 is 9.47 Å². The molecule has 1 aliphatic rings. The molecular formula is C26H24N2O3. The van der Waals surface area contributed by atoms with Gasteiger partial charge >= 0.3 is 5.97 Å². The Morgan fingerprint density at radius 2 is 1.77 bits per heavy atom. The molecule has 5 rings (SSSR count). The van der Waals surface area contributed by atoms with E-state index < -0.39 is 5.97 Å². The van der Waals surface area contributed by atoms with Gasteiger partial charge in [0.15, 0.2) is 11.5 Å². The zero-order valence-electron chi connectivity index (χ0n) is 17.6. The van der Waals surface area contributed by atoms with Gasteiger partial charge < -0.3 is 14.5 Å². The molecule has 5 heteroatoms. The number of aromatic amines is 1. The SMILES string of the molecule is COc1cc(C2c3[nH]c4ccccc4c3CCN2C)ccc1OC(=O)c1ccccc1. The average Bonchev–Trinajstić information content (AvgIpc) is 3.18. The molecule has 0 amide bonds. The number of carbonyl (C=O) groups is 1. The van der Waals surface area contributed by atoms with E-state index in [1.165, 1.54) is 16.6 Å². The van der Waals surface area contributed by atoms with Crippen LogP contribution in [-0.4, -0.2) is 36.6 Å². The summed E-state index contributed by atoms with van der Waals surface area (Å²) in [6.07, 6.45) is 1.01. The van der Waals surface area contributed by atoms with Crippen LogP contribution in [0.1, 0.15) is 33.2 Å². The molecule has 1 N–H and O–H groups in total. The number of nitrogens with one attached hydrogen (secondary N) is 1. The molecule has 0 fully saturated rings. The van der Waals surface area contributed by atoms with E-state index in [0.717, 1.165) is 24.0 Å². The number of esters is 1. The number of hydrogen-bond acceptors (Lipinski definition) is 4. The molecule has 1 unspecified atom stereocenters. The highest BCUT2D eigenvalue weighted by Crippen LogP contribution is 2.40. The number of rotatable bonds is 4. The molecule has 31 heavy (non-hydrogen) atoms. The number of likely N-dealkylation sites (N-methyl/N-ethyl adjacent to an activating group) is 1. The Hall–Kier alpha value is -3.57. The van der Waals surface area contributed by atoms with Crippen LogP contribution in [0.4, 0.5) is 0 Å². The van der Waals surface area contributed by atoms with Gasteiger partial charge in [0.05, 0.1) is 18.7 Å². The fourth-order valence-corrected chi connectivity index (χ4v) is 4.45. The van der Waals surface area contributed by atoms with Gasteiger partial charge in [-0.1, -0.05) is 42.5 Å². The fourth-order valence-electron chi connectivity index (χ4n) is 4.45. The molecule has 5 nitrogen and oxygen atoms in total. The minimum atomic E-state index is -0.403. The Kier molecular flexibility index (Phi) is 4.96. The topological polar surface area (TPSA) is 54.6 Å². The van der Waals surface area contributed by atoms with Gasteiger partial charge in [-0.3, -0.25) is 4.90 Å². The first-order valence-corrected chi connectivity index (χ1v) is 10.4. The van der Waals surface area contributed by atoms with E-state index in [2.05, 4.69) is 41.2 Å². The van der Waals surface area contributed by atoms with E-state index in [1.807, 2.05) is 36.4 Å². The molecule has 1 aliphatic heterocycles. The maximum atomic E-state index is 12.5. The quantitative estimate of drug-likeness (QED) is 0.380. The Balaban J connectivity index is 1.51. The van der Waals surface area contributed by atoms with Gasteiger partial charge in [-0.25, -0.2) is 4.79 Å². The number of nitrogens with zero attached hydrogens (tertiary/aromatic N) is 1. The second-order valence-corrected chi connectivity index (χ2v) is 7.86. The van der Waals surface area contributed by atoms with Crippen LogP contribution in [-0.2, 0) is 6.42 Å². The summed E-state index contributed by atoms with van der Waals surface area (Å²) < 4.78 is 11.2. The first kappa shape index (κ1) is 19.4. The minimum Gasteiger partial charge on any atom is -0.493 e. The molecule has 0 spiro atoms. The summed E-state index contributed by atoms with van der Waals surface area (Å²) in [5.74, 6) is 0.549. The van der Waals surface area contributed by atoms with Crippen molar-refractivity contribution in [1.29, 1.82) is 0 Å². The summed E-state index contributed by atoms with van der Waals surface area (Å²) in [5, 5.41) is 1.29. The van der Waals surface area contributed by atoms with Crippen molar-refractivity contribution in [1.82, 2.24) is 9.88 Å². The molecule has 0 saturated carbocycles. The fraction of sp³-hybridized carbons (Fsp3) is 0.192. The van der Waals surface area contributed by atoms with Crippen LogP contribution in [0.5, 0.6) is 11.5 Å². The van der Waals surface area contributed by atoms with Crippen molar-refractivity contribution >= 4 is 16.9 Å². The molecule has 0 aliphatic carbocycles. The van der Waals surface area contributed by atoms with Crippen LogP contribution in [0.15, 0.2) is 72.8 Å². The van der Waals surface area contributed by atoms with Crippen LogP contribution >= 0.6 is 0 Å². The lowest BCUT2D eigenvalue weighted by atomic mass is 9.92. The minimum absolute atomic E-state index is 0.0731. The van der Waals surface area contributed by atoms with Crippen LogP contribution in [0.25, 0.3) is 10.9 Å². The molecule has 156 valence electrons. The Morgan fingerprint density at radius 3 is 2.58 bits per heavy atom. The van der Waals surface area contributed by atoms with Crippen LogP contribution in [0, 0.1) is 0 Å². The number of methoxy groups -OCH3 is 1. The summed E-state index contributed by atoms with van der Waals surface area (Å²) in [5.41, 5.74) is 5.34. The third-order valence-electron chi connectivity index (χ3n) is 5.99. The summed E-state index contributed by atoms with van der Waals surface area (Å²) in [6.45, 7) is 0.965. The third-order valence-corrected chi connectivity index (χ3v) is 5.99. The predicted octanol–water partition coefficient (Wildman–Crippen LogP) is 4.97. The predicted molar refractivity (Wildman–Crippen MR) is 121 cm³/mol. The van der Waals surface area contributed by atoms with Gasteiger partial charge in [0.25, 0.3) is 0 Å². The molecule has 4 aromatic rings. The largest absolute Gasteiger partial charge is 0.493 e. The van der Waals surface area contributed by atoms with Crippen molar-refractivity contribution in [3.05, 3.63) is 95.2 Å². The van der Waals surface area contributed by atoms with Gasteiger partial charge in [0.1, 0.15) is 0 Å². The molecule has 2 heterocycles. The first-order valence-electron chi connectivity index (χ1n) is 10.4. The molecule has 3 aromatic carbocycles. The molecule has 1 atom stereocenters. The highest BCUT2D eigenvalue weighted by atomic mass is 16.6. The Bertz CT molecular complexity index is 1250. The number of aromatic nitrogens is 1. The third kappa shape index (κ3) is 3.47. The van der Waals surface area contributed by atoms with Crippen molar-refractivity contribution in [2.24, 2.45) is 0 Å². The van der Waals surface area contributed by atoms with Gasteiger partial charge in [-0.05, 0) is 54.9 Å². The van der Waals surface area contributed by atoms with Crippen LogP contribution in [0.2, 0.25) is 0 Å². The van der Waals surface area contributed by atoms with E-state index in [-0.39, 0.29) is 6.04 Å². The van der Waals surface area contributed by atoms with E-state index in [9.17, 15) is 4.79 Å². The molecule has 0 saturated heterocycles. The summed E-state index contributed by atoms with van der Waals surface area (Å²) in [6, 6.07) is 23.3. The molecule has 1 aromatic heterocycles. The zero-order chi connectivity index (χ0) is 21.4. The first-order chi connectivity index (χ1) is 15.2. The standard InChI is InChI=1S/C26H24N2O3/c1-28-15-14-20-19-10-6-7-11-21(19)27-24(20)25(28)18-12-13-22(23(16-18)30-2)31-26(29)17-8-4-3-5-9-17/h3-13,16,25,27H,14-15H2,1-2H3. The van der Waals surface area contributed by atoms with Crippen molar-refractivity contribution < 1.29 is 14.3 Å². The maximum Gasteiger partial charge on any atom is 0.343 e. The van der Waals surface area contributed by atoms with Gasteiger partial charge in [-0.2, -0.15) is 0 Å². The maximum absolute atomic E-state index is 12.5. The summed E-state index contributed by atoms with van der Waals surface area (Å²) >= 11 is 0. The van der Waals surface area contributed by atoms with Crippen molar-refractivity contribution in [3.63, 3.8) is 0 Å². The lowest BCUT2D eigenvalue weighted by molar-refractivity contribution is 0.0729. The lowest BCUT2D eigenvalue weighted by Gasteiger charge is -2.33. The van der Waals surface area contributed by atoms with Gasteiger partial charge in [-0.15, -0.1) is 0 Å². The molecular weight excluding hydrogens is 388 g/mol. The number of hydrogen-bond donors (Lipinski definition) is 1. The van der Waals surface area contributed by atoms with Gasteiger partial charge in [0, 0.05) is 23.1 Å². The van der Waals surface area contributed by atoms with E-state index in [1.54, 1.807) is 19.2 Å². The number of para-hydroxylation sites is 1. The smallest absolute Gasteiger partial charge is 0.343 e. The number of carbonyl (C=O) groups excluding carboxylic acids is 1. The van der Waals surface area contributed by atoms with Crippen molar-refractivity contribution in [2.45, 2.75) is 12.5 Å². The van der Waals surface area contributed by atoms with Crippen molar-refractivity contribution in [3.8, 4) is 11.5 Å². The zero-order valence-corrected chi connectivity index (χ0v) is 17.6. The normalized spacial score (nSPS) is 16.1. The van der Waals surface area contributed by atoms with Crippen molar-refractivity contribution in [2.75, 3.05) is 20.7 Å². The second kappa shape index (κ2) is 7.93. The lowest BCUT2D eigenvalue weighted by Crippen LogP contribution is -2.32. The Morgan fingerprint density at radius 1 is 1.00 bits per heavy atom. The molecule has 0 radical (unpaired) electrons. The highest BCUT2D eigenvalue weighted by Gasteiger charge is 2.30. The average molecular weight is 412 g/mol. The van der Waals surface area contributed by atoms with E-state index in [4.69, 9.17) is 9.47 Å². The summed E-state index contributed by atoms with van der Waals surface area (Å²) in [4.78, 5) is 18.5. The summed E-state index contributed by atoms with van der Waals surface area (Å²) in [7, 11) is 3.73. The number of benzene rings is 3. The van der Waals surface area contributed by atoms with Gasteiger partial charge in [0.2, 0.25) is 0 Å². The molecule has 0 bridgehead atoms. The highest BCUT2D eigenvalue weighted by molar-refractivity contribution is 5.91. The number of fused-ring (bicyclic) bond motifs is 3. The van der Waals surface area contributed by atoms with E-state index in [0.29, 0.717) is 17.1 Å². The Labute approximate surface area is 181 Å². The number of H-pyrrole nitrogens is 1. The second-order valence-electron chi connectivity index (χ2n) is 7.86. The van der Waals surface area contributed by atoms with E-state index >= 15 is 0 Å². The monoisotopic (exact) mass is 412 g/mol.